The second-order valence-electron chi connectivity index (χ2n) is 4.13. The highest BCUT2D eigenvalue weighted by Crippen LogP contribution is 2.17. The molecule has 88 valence electrons. The molecule has 0 saturated carbocycles. The second-order valence-corrected chi connectivity index (χ2v) is 4.13. The molecule has 0 saturated heterocycles. The molecule has 0 amide bonds. The van der Waals surface area contributed by atoms with Gasteiger partial charge < -0.3 is 10.5 Å². The molecule has 0 aromatic heterocycles. The zero-order chi connectivity index (χ0) is 12.1. The topological polar surface area (TPSA) is 35.2 Å². The van der Waals surface area contributed by atoms with E-state index in [0.717, 1.165) is 11.3 Å². The fraction of sp³-hybridized carbons (Fsp3) is 0.200. The summed E-state index contributed by atoms with van der Waals surface area (Å²) in [7, 11) is 0. The number of benzene rings is 2. The molecule has 0 aliphatic heterocycles. The van der Waals surface area contributed by atoms with Gasteiger partial charge in [0.05, 0.1) is 0 Å². The second kappa shape index (κ2) is 5.51. The van der Waals surface area contributed by atoms with Gasteiger partial charge in [-0.15, -0.1) is 0 Å². The van der Waals surface area contributed by atoms with Gasteiger partial charge >= 0.3 is 0 Å². The Hall–Kier alpha value is -1.80. The van der Waals surface area contributed by atoms with Crippen LogP contribution in [0.2, 0.25) is 0 Å². The zero-order valence-corrected chi connectivity index (χ0v) is 9.97. The van der Waals surface area contributed by atoms with E-state index in [-0.39, 0.29) is 6.04 Å². The molecule has 0 spiro atoms. The average Bonchev–Trinajstić information content (AvgIpc) is 2.38. The molecule has 0 fully saturated rings. The van der Waals surface area contributed by atoms with E-state index < -0.39 is 0 Å². The predicted molar refractivity (Wildman–Crippen MR) is 69.8 cm³/mol. The Labute approximate surface area is 102 Å². The molecule has 0 bridgehead atoms. The smallest absolute Gasteiger partial charge is 0.119 e. The van der Waals surface area contributed by atoms with Crippen LogP contribution in [0.5, 0.6) is 5.75 Å². The highest BCUT2D eigenvalue weighted by Gasteiger charge is 1.99. The van der Waals surface area contributed by atoms with Crippen LogP contribution in [0.15, 0.2) is 54.6 Å². The van der Waals surface area contributed by atoms with Crippen LogP contribution in [0.3, 0.4) is 0 Å². The van der Waals surface area contributed by atoms with E-state index in [1.807, 2.05) is 49.4 Å². The average molecular weight is 227 g/mol. The number of rotatable bonds is 4. The summed E-state index contributed by atoms with van der Waals surface area (Å²) in [4.78, 5) is 0. The Morgan fingerprint density at radius 1 is 1.00 bits per heavy atom. The molecule has 1 atom stereocenters. The van der Waals surface area contributed by atoms with Crippen LogP contribution in [0.4, 0.5) is 0 Å². The predicted octanol–water partition coefficient (Wildman–Crippen LogP) is 3.29. The maximum absolute atomic E-state index is 5.79. The van der Waals surface area contributed by atoms with E-state index in [9.17, 15) is 0 Å². The summed E-state index contributed by atoms with van der Waals surface area (Å²) in [5, 5.41) is 0. The van der Waals surface area contributed by atoms with Gasteiger partial charge in [0.25, 0.3) is 0 Å². The van der Waals surface area contributed by atoms with Gasteiger partial charge in [-0.1, -0.05) is 42.5 Å². The third-order valence-corrected chi connectivity index (χ3v) is 2.65. The Balaban J connectivity index is 1.96. The fourth-order valence-electron chi connectivity index (χ4n) is 1.61. The number of ether oxygens (including phenoxy) is 1. The standard InChI is InChI=1S/C15H17NO/c1-12(16)14-7-9-15(10-8-14)17-11-13-5-3-2-4-6-13/h2-10,12H,11,16H2,1H3/t12-/m1/s1. The summed E-state index contributed by atoms with van der Waals surface area (Å²) in [5.41, 5.74) is 8.08. The van der Waals surface area contributed by atoms with E-state index in [2.05, 4.69) is 12.1 Å². The number of hydrogen-bond donors (Lipinski definition) is 1. The number of hydrogen-bond acceptors (Lipinski definition) is 2. The molecule has 2 N–H and O–H groups in total. The normalized spacial score (nSPS) is 12.1. The molecule has 0 aliphatic rings. The molecule has 2 nitrogen and oxygen atoms in total. The molecular formula is C15H17NO. The van der Waals surface area contributed by atoms with Gasteiger partial charge in [-0.25, -0.2) is 0 Å². The Kier molecular flexibility index (Phi) is 3.78. The minimum Gasteiger partial charge on any atom is -0.489 e. The van der Waals surface area contributed by atoms with Gasteiger partial charge in [0.2, 0.25) is 0 Å². The highest BCUT2D eigenvalue weighted by molar-refractivity contribution is 5.29. The minimum absolute atomic E-state index is 0.0678. The van der Waals surface area contributed by atoms with Gasteiger partial charge in [-0.3, -0.25) is 0 Å². The Morgan fingerprint density at radius 2 is 1.65 bits per heavy atom. The molecule has 0 heterocycles. The molecule has 17 heavy (non-hydrogen) atoms. The summed E-state index contributed by atoms with van der Waals surface area (Å²) >= 11 is 0. The summed E-state index contributed by atoms with van der Waals surface area (Å²) in [5.74, 6) is 0.873. The van der Waals surface area contributed by atoms with E-state index in [1.165, 1.54) is 5.56 Å². The van der Waals surface area contributed by atoms with E-state index in [1.54, 1.807) is 0 Å². The van der Waals surface area contributed by atoms with Crippen molar-refractivity contribution < 1.29 is 4.74 Å². The Bertz CT molecular complexity index is 448. The molecule has 0 radical (unpaired) electrons. The van der Waals surface area contributed by atoms with Gasteiger partial charge in [0, 0.05) is 6.04 Å². The van der Waals surface area contributed by atoms with Gasteiger partial charge in [0.1, 0.15) is 12.4 Å². The summed E-state index contributed by atoms with van der Waals surface area (Å²) in [6.07, 6.45) is 0. The SMILES string of the molecule is C[C@@H](N)c1ccc(OCc2ccccc2)cc1. The first-order valence-electron chi connectivity index (χ1n) is 5.78. The summed E-state index contributed by atoms with van der Waals surface area (Å²) in [6, 6.07) is 18.1. The quantitative estimate of drug-likeness (QED) is 0.870. The number of nitrogens with two attached hydrogens (primary N) is 1. The molecule has 0 unspecified atom stereocenters. The Morgan fingerprint density at radius 3 is 2.24 bits per heavy atom. The molecule has 2 aromatic carbocycles. The molecule has 2 heteroatoms. The molecular weight excluding hydrogens is 210 g/mol. The first kappa shape index (κ1) is 11.7. The van der Waals surface area contributed by atoms with Crippen LogP contribution in [-0.4, -0.2) is 0 Å². The van der Waals surface area contributed by atoms with E-state index in [0.29, 0.717) is 6.61 Å². The maximum atomic E-state index is 5.79. The van der Waals surface area contributed by atoms with Crippen molar-refractivity contribution in [2.24, 2.45) is 5.73 Å². The first-order chi connectivity index (χ1) is 8.25. The first-order valence-corrected chi connectivity index (χ1v) is 5.78. The third kappa shape index (κ3) is 3.33. The van der Waals surface area contributed by atoms with Crippen LogP contribution < -0.4 is 10.5 Å². The van der Waals surface area contributed by atoms with Crippen molar-refractivity contribution in [3.8, 4) is 5.75 Å². The van der Waals surface area contributed by atoms with Crippen molar-refractivity contribution in [1.29, 1.82) is 0 Å². The maximum Gasteiger partial charge on any atom is 0.119 e. The van der Waals surface area contributed by atoms with Crippen LogP contribution >= 0.6 is 0 Å². The van der Waals surface area contributed by atoms with E-state index in [4.69, 9.17) is 10.5 Å². The van der Waals surface area contributed by atoms with Crippen molar-refractivity contribution >= 4 is 0 Å². The van der Waals surface area contributed by atoms with Crippen LogP contribution in [0, 0.1) is 0 Å². The van der Waals surface area contributed by atoms with E-state index >= 15 is 0 Å². The van der Waals surface area contributed by atoms with Gasteiger partial charge in [-0.2, -0.15) is 0 Å². The lowest BCUT2D eigenvalue weighted by atomic mass is 10.1. The minimum atomic E-state index is 0.0678. The lowest BCUT2D eigenvalue weighted by Gasteiger charge is -2.09. The van der Waals surface area contributed by atoms with Crippen molar-refractivity contribution in [3.05, 3.63) is 65.7 Å². The van der Waals surface area contributed by atoms with Gasteiger partial charge in [0.15, 0.2) is 0 Å². The van der Waals surface area contributed by atoms with Crippen molar-refractivity contribution in [2.75, 3.05) is 0 Å². The monoisotopic (exact) mass is 227 g/mol. The third-order valence-electron chi connectivity index (χ3n) is 2.65. The summed E-state index contributed by atoms with van der Waals surface area (Å²) in [6.45, 7) is 2.57. The van der Waals surface area contributed by atoms with Crippen molar-refractivity contribution in [2.45, 2.75) is 19.6 Å². The molecule has 2 rings (SSSR count). The summed E-state index contributed by atoms with van der Waals surface area (Å²) < 4.78 is 5.69. The lowest BCUT2D eigenvalue weighted by Crippen LogP contribution is -2.04. The van der Waals surface area contributed by atoms with Crippen LogP contribution in [-0.2, 0) is 6.61 Å². The lowest BCUT2D eigenvalue weighted by molar-refractivity contribution is 0.306. The largest absolute Gasteiger partial charge is 0.489 e. The van der Waals surface area contributed by atoms with Crippen LogP contribution in [0.1, 0.15) is 24.1 Å². The van der Waals surface area contributed by atoms with Crippen LogP contribution in [0.25, 0.3) is 0 Å². The highest BCUT2D eigenvalue weighted by atomic mass is 16.5. The molecule has 0 aliphatic carbocycles. The zero-order valence-electron chi connectivity index (χ0n) is 9.97. The molecule has 2 aromatic rings. The van der Waals surface area contributed by atoms with Gasteiger partial charge in [-0.05, 0) is 30.2 Å². The van der Waals surface area contributed by atoms with Crippen molar-refractivity contribution in [3.63, 3.8) is 0 Å². The fourth-order valence-corrected chi connectivity index (χ4v) is 1.61. The van der Waals surface area contributed by atoms with Crippen molar-refractivity contribution in [1.82, 2.24) is 0 Å².